The quantitative estimate of drug-likeness (QED) is 0.452. The Kier molecular flexibility index (Phi) is 6.38. The third-order valence-electron chi connectivity index (χ3n) is 3.30. The van der Waals surface area contributed by atoms with E-state index in [0.29, 0.717) is 12.6 Å². The van der Waals surface area contributed by atoms with Crippen LogP contribution in [0.5, 0.6) is 0 Å². The van der Waals surface area contributed by atoms with Gasteiger partial charge in [0.05, 0.1) is 4.92 Å². The van der Waals surface area contributed by atoms with E-state index in [0.717, 1.165) is 25.5 Å². The van der Waals surface area contributed by atoms with Crippen LogP contribution in [0.25, 0.3) is 0 Å². The first kappa shape index (κ1) is 16.4. The standard InChI is InChI=1S/C14H22FN3O2/c1-11(2)17(3)10-5-4-9-16-13-8-6-7-12(15)14(13)18(19)20/h6-8,11,16H,4-5,9-10H2,1-3H3. The SMILES string of the molecule is CC(C)N(C)CCCCNc1cccc(F)c1[N+](=O)[O-]. The summed E-state index contributed by atoms with van der Waals surface area (Å²) in [5, 5.41) is 13.8. The van der Waals surface area contributed by atoms with Crippen LogP contribution in [0.4, 0.5) is 15.8 Å². The minimum atomic E-state index is -0.806. The van der Waals surface area contributed by atoms with Crippen LogP contribution in [0.2, 0.25) is 0 Å². The van der Waals surface area contributed by atoms with Crippen LogP contribution in [-0.2, 0) is 0 Å². The highest BCUT2D eigenvalue weighted by Gasteiger charge is 2.19. The molecule has 1 N–H and O–H groups in total. The zero-order chi connectivity index (χ0) is 15.1. The molecule has 0 atom stereocenters. The molecule has 0 aliphatic carbocycles. The van der Waals surface area contributed by atoms with E-state index < -0.39 is 16.4 Å². The maximum Gasteiger partial charge on any atom is 0.327 e. The zero-order valence-electron chi connectivity index (χ0n) is 12.2. The lowest BCUT2D eigenvalue weighted by Crippen LogP contribution is -2.27. The number of nitrogens with zero attached hydrogens (tertiary/aromatic N) is 2. The minimum absolute atomic E-state index is 0.243. The van der Waals surface area contributed by atoms with E-state index in [1.54, 1.807) is 0 Å². The van der Waals surface area contributed by atoms with Gasteiger partial charge in [-0.15, -0.1) is 0 Å². The monoisotopic (exact) mass is 283 g/mol. The van der Waals surface area contributed by atoms with Crippen LogP contribution in [0, 0.1) is 15.9 Å². The van der Waals surface area contributed by atoms with Gasteiger partial charge in [-0.05, 0) is 52.4 Å². The summed E-state index contributed by atoms with van der Waals surface area (Å²) in [6, 6.07) is 4.60. The van der Waals surface area contributed by atoms with E-state index in [2.05, 4.69) is 31.1 Å². The molecule has 0 radical (unpaired) electrons. The first-order valence-electron chi connectivity index (χ1n) is 6.80. The van der Waals surface area contributed by atoms with E-state index in [1.807, 2.05) is 0 Å². The normalized spacial score (nSPS) is 11.1. The molecule has 0 amide bonds. The molecule has 0 aliphatic heterocycles. The van der Waals surface area contributed by atoms with Crippen LogP contribution in [0.15, 0.2) is 18.2 Å². The maximum absolute atomic E-state index is 13.4. The van der Waals surface area contributed by atoms with Crippen molar-refractivity contribution in [1.29, 1.82) is 0 Å². The highest BCUT2D eigenvalue weighted by molar-refractivity contribution is 5.61. The van der Waals surface area contributed by atoms with E-state index in [1.165, 1.54) is 12.1 Å². The van der Waals surface area contributed by atoms with Crippen LogP contribution >= 0.6 is 0 Å². The lowest BCUT2D eigenvalue weighted by Gasteiger charge is -2.20. The van der Waals surface area contributed by atoms with Crippen molar-refractivity contribution in [3.05, 3.63) is 34.1 Å². The topological polar surface area (TPSA) is 58.4 Å². The Balaban J connectivity index is 2.43. The summed E-state index contributed by atoms with van der Waals surface area (Å²) < 4.78 is 13.4. The van der Waals surface area contributed by atoms with Gasteiger partial charge in [0.1, 0.15) is 5.69 Å². The number of hydrogen-bond donors (Lipinski definition) is 1. The summed E-state index contributed by atoms with van der Waals surface area (Å²) in [6.07, 6.45) is 1.87. The van der Waals surface area contributed by atoms with E-state index in [4.69, 9.17) is 0 Å². The van der Waals surface area contributed by atoms with Crippen molar-refractivity contribution in [2.24, 2.45) is 0 Å². The van der Waals surface area contributed by atoms with Crippen LogP contribution < -0.4 is 5.32 Å². The molecule has 20 heavy (non-hydrogen) atoms. The van der Waals surface area contributed by atoms with Gasteiger partial charge in [0.2, 0.25) is 5.82 Å². The van der Waals surface area contributed by atoms with Crippen molar-refractivity contribution in [1.82, 2.24) is 4.90 Å². The summed E-state index contributed by atoms with van der Waals surface area (Å²) in [6.45, 7) is 5.84. The van der Waals surface area contributed by atoms with Gasteiger partial charge in [0, 0.05) is 12.6 Å². The molecule has 0 saturated carbocycles. The molecule has 1 aromatic rings. The van der Waals surface area contributed by atoms with Gasteiger partial charge >= 0.3 is 5.69 Å². The van der Waals surface area contributed by atoms with Crippen molar-refractivity contribution in [2.75, 3.05) is 25.5 Å². The number of para-hydroxylation sites is 1. The Labute approximate surface area is 118 Å². The number of nitro groups is 1. The average molecular weight is 283 g/mol. The second-order valence-electron chi connectivity index (χ2n) is 5.10. The smallest absolute Gasteiger partial charge is 0.327 e. The number of hydrogen-bond acceptors (Lipinski definition) is 4. The van der Waals surface area contributed by atoms with Crippen molar-refractivity contribution < 1.29 is 9.31 Å². The fourth-order valence-corrected chi connectivity index (χ4v) is 1.81. The summed E-state index contributed by atoms with van der Waals surface area (Å²) >= 11 is 0. The second-order valence-corrected chi connectivity index (χ2v) is 5.10. The molecular formula is C14H22FN3O2. The molecule has 0 spiro atoms. The minimum Gasteiger partial charge on any atom is -0.379 e. The largest absolute Gasteiger partial charge is 0.379 e. The number of nitro benzene ring substituents is 1. The first-order valence-corrected chi connectivity index (χ1v) is 6.80. The highest BCUT2D eigenvalue weighted by atomic mass is 19.1. The fraction of sp³-hybridized carbons (Fsp3) is 0.571. The van der Waals surface area contributed by atoms with Crippen LogP contribution in [-0.4, -0.2) is 36.0 Å². The number of nitrogens with one attached hydrogen (secondary N) is 1. The third-order valence-corrected chi connectivity index (χ3v) is 3.30. The van der Waals surface area contributed by atoms with Gasteiger partial charge in [-0.25, -0.2) is 0 Å². The predicted molar refractivity (Wildman–Crippen MR) is 78.5 cm³/mol. The number of anilines is 1. The zero-order valence-corrected chi connectivity index (χ0v) is 12.2. The lowest BCUT2D eigenvalue weighted by molar-refractivity contribution is -0.386. The van der Waals surface area contributed by atoms with E-state index >= 15 is 0 Å². The summed E-state index contributed by atoms with van der Waals surface area (Å²) in [4.78, 5) is 12.4. The van der Waals surface area contributed by atoms with Crippen molar-refractivity contribution in [3.63, 3.8) is 0 Å². The van der Waals surface area contributed by atoms with Crippen LogP contribution in [0.3, 0.4) is 0 Å². The van der Waals surface area contributed by atoms with Gasteiger partial charge in [0.15, 0.2) is 0 Å². The van der Waals surface area contributed by atoms with Gasteiger partial charge in [-0.3, -0.25) is 10.1 Å². The van der Waals surface area contributed by atoms with Crippen LogP contribution in [0.1, 0.15) is 26.7 Å². The Hall–Kier alpha value is -1.69. The number of unbranched alkanes of at least 4 members (excludes halogenated alkanes) is 1. The number of halogens is 1. The maximum atomic E-state index is 13.4. The van der Waals surface area contributed by atoms with Crippen molar-refractivity contribution in [3.8, 4) is 0 Å². The molecule has 0 aromatic heterocycles. The Morgan fingerprint density at radius 2 is 2.10 bits per heavy atom. The number of benzene rings is 1. The first-order chi connectivity index (χ1) is 9.43. The van der Waals surface area contributed by atoms with Gasteiger partial charge in [0.25, 0.3) is 0 Å². The molecule has 0 unspecified atom stereocenters. The van der Waals surface area contributed by atoms with Gasteiger partial charge in [-0.1, -0.05) is 6.07 Å². The Morgan fingerprint density at radius 1 is 1.40 bits per heavy atom. The van der Waals surface area contributed by atoms with Gasteiger partial charge < -0.3 is 10.2 Å². The molecule has 112 valence electrons. The van der Waals surface area contributed by atoms with E-state index in [-0.39, 0.29) is 5.69 Å². The molecule has 0 saturated heterocycles. The van der Waals surface area contributed by atoms with E-state index in [9.17, 15) is 14.5 Å². The fourth-order valence-electron chi connectivity index (χ4n) is 1.81. The molecule has 0 bridgehead atoms. The van der Waals surface area contributed by atoms with Crippen molar-refractivity contribution >= 4 is 11.4 Å². The molecule has 5 nitrogen and oxygen atoms in total. The molecular weight excluding hydrogens is 261 g/mol. The summed E-state index contributed by atoms with van der Waals surface area (Å²) in [7, 11) is 2.06. The molecule has 6 heteroatoms. The molecule has 0 fully saturated rings. The Bertz CT molecular complexity index is 452. The molecule has 0 aliphatic rings. The lowest BCUT2D eigenvalue weighted by atomic mass is 10.2. The molecule has 0 heterocycles. The predicted octanol–water partition coefficient (Wildman–Crippen LogP) is 3.27. The third kappa shape index (κ3) is 4.77. The Morgan fingerprint density at radius 3 is 2.70 bits per heavy atom. The summed E-state index contributed by atoms with van der Waals surface area (Å²) in [5.74, 6) is -0.806. The highest BCUT2D eigenvalue weighted by Crippen LogP contribution is 2.27. The summed E-state index contributed by atoms with van der Waals surface area (Å²) in [5.41, 5.74) is -0.237. The number of rotatable bonds is 8. The van der Waals surface area contributed by atoms with Crippen molar-refractivity contribution in [2.45, 2.75) is 32.7 Å². The average Bonchev–Trinajstić information content (AvgIpc) is 2.37. The molecule has 1 aromatic carbocycles. The second kappa shape index (κ2) is 7.79. The molecule has 1 rings (SSSR count). The van der Waals surface area contributed by atoms with Gasteiger partial charge in [-0.2, -0.15) is 4.39 Å².